The molecule has 2 aliphatic carbocycles. The van der Waals surface area contributed by atoms with Crippen molar-refractivity contribution >= 4 is 6.09 Å². The lowest BCUT2D eigenvalue weighted by atomic mass is 9.86. The number of amides is 1. The lowest BCUT2D eigenvalue weighted by Gasteiger charge is -2.36. The summed E-state index contributed by atoms with van der Waals surface area (Å²) in [5.41, 5.74) is 1.02. The minimum Gasteiger partial charge on any atom is -0.445 e. The summed E-state index contributed by atoms with van der Waals surface area (Å²) in [5.74, 6) is 1.75. The molecule has 4 nitrogen and oxygen atoms in total. The molecule has 4 heteroatoms. The van der Waals surface area contributed by atoms with Crippen LogP contribution >= 0.6 is 0 Å². The van der Waals surface area contributed by atoms with E-state index in [0.717, 1.165) is 36.8 Å². The second-order valence-corrected chi connectivity index (χ2v) is 7.26. The number of rotatable bonds is 6. The quantitative estimate of drug-likeness (QED) is 0.845. The van der Waals surface area contributed by atoms with Gasteiger partial charge >= 0.3 is 6.09 Å². The molecule has 2 fully saturated rings. The minimum atomic E-state index is -0.304. The largest absolute Gasteiger partial charge is 0.445 e. The number of alkyl carbamates (subject to hydrolysis) is 1. The molecule has 2 aliphatic rings. The van der Waals surface area contributed by atoms with Crippen LogP contribution in [0.3, 0.4) is 0 Å². The van der Waals surface area contributed by atoms with Crippen LogP contribution in [0.5, 0.6) is 0 Å². The Bertz CT molecular complexity index is 499. The topological polar surface area (TPSA) is 50.4 Å². The molecule has 0 spiro atoms. The summed E-state index contributed by atoms with van der Waals surface area (Å²) >= 11 is 0. The van der Waals surface area contributed by atoms with Gasteiger partial charge < -0.3 is 15.4 Å². The molecule has 3 rings (SSSR count). The Balaban J connectivity index is 1.26. The van der Waals surface area contributed by atoms with Gasteiger partial charge in [-0.1, -0.05) is 43.7 Å². The normalized spacial score (nSPS) is 29.8. The molecular weight excluding hydrogens is 288 g/mol. The number of carbonyl (C=O) groups is 1. The van der Waals surface area contributed by atoms with E-state index in [4.69, 9.17) is 4.74 Å². The van der Waals surface area contributed by atoms with E-state index in [2.05, 4.69) is 17.6 Å². The number of carbonyl (C=O) groups excluding carboxylic acids is 1. The summed E-state index contributed by atoms with van der Waals surface area (Å²) in [4.78, 5) is 11.8. The minimum absolute atomic E-state index is 0.262. The van der Waals surface area contributed by atoms with Crippen molar-refractivity contribution in [1.82, 2.24) is 10.6 Å². The Morgan fingerprint density at radius 2 is 1.91 bits per heavy atom. The van der Waals surface area contributed by atoms with Gasteiger partial charge in [0.2, 0.25) is 0 Å². The average Bonchev–Trinajstić information content (AvgIpc) is 2.94. The van der Waals surface area contributed by atoms with Gasteiger partial charge in [0.1, 0.15) is 6.61 Å². The Hall–Kier alpha value is -1.55. The third kappa shape index (κ3) is 4.96. The molecule has 126 valence electrons. The molecular formula is C19H28N2O2. The summed E-state index contributed by atoms with van der Waals surface area (Å²) < 4.78 is 5.25. The van der Waals surface area contributed by atoms with E-state index in [-0.39, 0.29) is 12.1 Å². The molecule has 1 amide bonds. The summed E-state index contributed by atoms with van der Waals surface area (Å²) in [7, 11) is 0. The highest BCUT2D eigenvalue weighted by atomic mass is 16.5. The average molecular weight is 316 g/mol. The molecule has 1 aromatic carbocycles. The predicted molar refractivity (Wildman–Crippen MR) is 91.1 cm³/mol. The molecule has 1 aromatic rings. The van der Waals surface area contributed by atoms with Crippen LogP contribution < -0.4 is 10.6 Å². The van der Waals surface area contributed by atoms with E-state index in [1.807, 2.05) is 30.3 Å². The molecule has 0 bridgehead atoms. The first-order chi connectivity index (χ1) is 11.2. The molecule has 2 N–H and O–H groups in total. The summed E-state index contributed by atoms with van der Waals surface area (Å²) in [6, 6.07) is 10.6. The van der Waals surface area contributed by atoms with E-state index < -0.39 is 0 Å². The zero-order valence-corrected chi connectivity index (χ0v) is 14.0. The molecule has 0 aliphatic heterocycles. The molecule has 23 heavy (non-hydrogen) atoms. The molecule has 0 heterocycles. The maximum atomic E-state index is 11.8. The first-order valence-corrected chi connectivity index (χ1v) is 8.89. The van der Waals surface area contributed by atoms with Gasteiger partial charge in [-0.25, -0.2) is 4.79 Å². The van der Waals surface area contributed by atoms with Gasteiger partial charge in [0, 0.05) is 12.1 Å². The fourth-order valence-corrected chi connectivity index (χ4v) is 3.68. The van der Waals surface area contributed by atoms with E-state index in [1.54, 1.807) is 0 Å². The lowest BCUT2D eigenvalue weighted by Crippen LogP contribution is -2.53. The molecule has 0 aromatic heterocycles. The van der Waals surface area contributed by atoms with Crippen molar-refractivity contribution in [2.75, 3.05) is 6.54 Å². The second-order valence-electron chi connectivity index (χ2n) is 7.26. The smallest absolute Gasteiger partial charge is 0.407 e. The lowest BCUT2D eigenvalue weighted by molar-refractivity contribution is 0.125. The van der Waals surface area contributed by atoms with Crippen molar-refractivity contribution in [2.45, 2.75) is 57.7 Å². The summed E-state index contributed by atoms with van der Waals surface area (Å²) in [6.45, 7) is 3.82. The Labute approximate surface area is 139 Å². The van der Waals surface area contributed by atoms with Crippen molar-refractivity contribution < 1.29 is 9.53 Å². The van der Waals surface area contributed by atoms with E-state index >= 15 is 0 Å². The molecule has 2 saturated carbocycles. The monoisotopic (exact) mass is 316 g/mol. The van der Waals surface area contributed by atoms with Crippen LogP contribution in [0.15, 0.2) is 30.3 Å². The highest BCUT2D eigenvalue weighted by Gasteiger charge is 2.31. The fraction of sp³-hybridized carbons (Fsp3) is 0.632. The van der Waals surface area contributed by atoms with E-state index in [1.165, 1.54) is 19.3 Å². The zero-order valence-electron chi connectivity index (χ0n) is 14.0. The van der Waals surface area contributed by atoms with Gasteiger partial charge in [-0.3, -0.25) is 0 Å². The first-order valence-electron chi connectivity index (χ1n) is 8.89. The molecule has 2 unspecified atom stereocenters. The van der Waals surface area contributed by atoms with Crippen LogP contribution in [0.1, 0.15) is 44.6 Å². The number of ether oxygens (including phenoxy) is 1. The van der Waals surface area contributed by atoms with Crippen LogP contribution in [0, 0.1) is 11.8 Å². The van der Waals surface area contributed by atoms with Crippen molar-refractivity contribution in [3.05, 3.63) is 35.9 Å². The van der Waals surface area contributed by atoms with Gasteiger partial charge in [0.05, 0.1) is 0 Å². The van der Waals surface area contributed by atoms with Crippen LogP contribution in [-0.4, -0.2) is 24.7 Å². The second kappa shape index (κ2) is 7.82. The van der Waals surface area contributed by atoms with Gasteiger partial charge in [0.25, 0.3) is 0 Å². The number of hydrogen-bond donors (Lipinski definition) is 2. The van der Waals surface area contributed by atoms with Crippen molar-refractivity contribution in [2.24, 2.45) is 11.8 Å². The highest BCUT2D eigenvalue weighted by Crippen LogP contribution is 2.30. The standard InChI is InChI=1S/C19H28N2O2/c1-14-7-8-16(9-14)12-20-17-10-18(11-17)21-19(22)23-13-15-5-3-2-4-6-15/h2-6,14,16-18,20H,7-13H2,1H3,(H,21,22). The van der Waals surface area contributed by atoms with E-state index in [9.17, 15) is 4.79 Å². The van der Waals surface area contributed by atoms with Crippen molar-refractivity contribution in [1.29, 1.82) is 0 Å². The van der Waals surface area contributed by atoms with Crippen LogP contribution in [-0.2, 0) is 11.3 Å². The fourth-order valence-electron chi connectivity index (χ4n) is 3.68. The zero-order chi connectivity index (χ0) is 16.1. The third-order valence-electron chi connectivity index (χ3n) is 5.17. The number of hydrogen-bond acceptors (Lipinski definition) is 3. The van der Waals surface area contributed by atoms with Gasteiger partial charge in [-0.15, -0.1) is 0 Å². The maximum Gasteiger partial charge on any atom is 0.407 e. The summed E-state index contributed by atoms with van der Waals surface area (Å²) in [5, 5.41) is 6.60. The number of benzene rings is 1. The van der Waals surface area contributed by atoms with E-state index in [0.29, 0.717) is 12.6 Å². The Morgan fingerprint density at radius 3 is 2.61 bits per heavy atom. The Morgan fingerprint density at radius 1 is 1.13 bits per heavy atom. The third-order valence-corrected chi connectivity index (χ3v) is 5.17. The van der Waals surface area contributed by atoms with Crippen LogP contribution in [0.2, 0.25) is 0 Å². The molecule has 0 saturated heterocycles. The summed E-state index contributed by atoms with van der Waals surface area (Å²) in [6.07, 6.45) is 5.85. The van der Waals surface area contributed by atoms with Crippen LogP contribution in [0.4, 0.5) is 4.79 Å². The number of nitrogens with one attached hydrogen (secondary N) is 2. The SMILES string of the molecule is CC1CCC(CNC2CC(NC(=O)OCc3ccccc3)C2)C1. The highest BCUT2D eigenvalue weighted by molar-refractivity contribution is 5.67. The van der Waals surface area contributed by atoms with Crippen LogP contribution in [0.25, 0.3) is 0 Å². The van der Waals surface area contributed by atoms with Crippen molar-refractivity contribution in [3.63, 3.8) is 0 Å². The van der Waals surface area contributed by atoms with Gasteiger partial charge in [-0.2, -0.15) is 0 Å². The van der Waals surface area contributed by atoms with Gasteiger partial charge in [0.15, 0.2) is 0 Å². The first kappa shape index (κ1) is 16.3. The molecule has 0 radical (unpaired) electrons. The van der Waals surface area contributed by atoms with Gasteiger partial charge in [-0.05, 0) is 49.6 Å². The molecule has 2 atom stereocenters. The Kier molecular flexibility index (Phi) is 5.55. The predicted octanol–water partition coefficient (Wildman–Crippen LogP) is 3.47. The maximum absolute atomic E-state index is 11.8. The van der Waals surface area contributed by atoms with Crippen molar-refractivity contribution in [3.8, 4) is 0 Å².